The Kier molecular flexibility index (Phi) is 5.65. The topological polar surface area (TPSA) is 29.1 Å². The molecule has 1 fully saturated rings. The number of hydrogen-bond acceptors (Lipinski definition) is 1. The fourth-order valence-corrected chi connectivity index (χ4v) is 2.09. The van der Waals surface area contributed by atoms with Crippen LogP contribution in [0.1, 0.15) is 58.3 Å². The second-order valence-corrected chi connectivity index (χ2v) is 4.33. The van der Waals surface area contributed by atoms with Gasteiger partial charge in [0.05, 0.1) is 0 Å². The number of carbonyl (C=O) groups excluding carboxylic acids is 1. The average molecular weight is 197 g/mol. The van der Waals surface area contributed by atoms with Gasteiger partial charge in [0.15, 0.2) is 0 Å². The lowest BCUT2D eigenvalue weighted by Gasteiger charge is -2.05. The largest absolute Gasteiger partial charge is 0.356 e. The molecule has 0 saturated carbocycles. The molecular formula is C12H23NO. The molecule has 1 amide bonds. The zero-order valence-corrected chi connectivity index (χ0v) is 9.35. The van der Waals surface area contributed by atoms with Crippen molar-refractivity contribution in [3.63, 3.8) is 0 Å². The summed E-state index contributed by atoms with van der Waals surface area (Å²) in [5.41, 5.74) is 0. The molecular weight excluding hydrogens is 174 g/mol. The van der Waals surface area contributed by atoms with Crippen LogP contribution in [0, 0.1) is 5.92 Å². The van der Waals surface area contributed by atoms with Gasteiger partial charge < -0.3 is 5.32 Å². The van der Waals surface area contributed by atoms with E-state index < -0.39 is 0 Å². The van der Waals surface area contributed by atoms with Crippen LogP contribution in [-0.2, 0) is 4.79 Å². The predicted octanol–water partition coefficient (Wildman–Crippen LogP) is 2.87. The van der Waals surface area contributed by atoms with Gasteiger partial charge in [0.2, 0.25) is 5.91 Å². The van der Waals surface area contributed by atoms with Crippen LogP contribution in [0.3, 0.4) is 0 Å². The summed E-state index contributed by atoms with van der Waals surface area (Å²) in [7, 11) is 0. The maximum atomic E-state index is 11.2. The average Bonchev–Trinajstić information content (AvgIpc) is 2.58. The van der Waals surface area contributed by atoms with Crippen LogP contribution in [0.2, 0.25) is 0 Å². The highest BCUT2D eigenvalue weighted by molar-refractivity contribution is 5.80. The standard InChI is InChI=1S/C12H23NO/c1-2-3-4-5-6-7-8-11-9-10-13-12(11)14/h11H,2-10H2,1H3,(H,13,14). The minimum absolute atomic E-state index is 0.290. The Morgan fingerprint density at radius 1 is 1.21 bits per heavy atom. The molecule has 1 aliphatic heterocycles. The highest BCUT2D eigenvalue weighted by Crippen LogP contribution is 2.18. The Hall–Kier alpha value is -0.530. The molecule has 0 aromatic carbocycles. The Bertz CT molecular complexity index is 168. The fourth-order valence-electron chi connectivity index (χ4n) is 2.09. The minimum atomic E-state index is 0.290. The number of unbranched alkanes of at least 4 members (excludes halogenated alkanes) is 5. The molecule has 2 nitrogen and oxygen atoms in total. The van der Waals surface area contributed by atoms with E-state index in [1.165, 1.54) is 38.5 Å². The summed E-state index contributed by atoms with van der Waals surface area (Å²) in [5.74, 6) is 0.625. The molecule has 1 unspecified atom stereocenters. The van der Waals surface area contributed by atoms with Crippen molar-refractivity contribution >= 4 is 5.91 Å². The zero-order chi connectivity index (χ0) is 10.2. The van der Waals surface area contributed by atoms with Crippen molar-refractivity contribution in [1.82, 2.24) is 5.32 Å². The van der Waals surface area contributed by atoms with Crippen molar-refractivity contribution < 1.29 is 4.79 Å². The molecule has 0 aromatic heterocycles. The summed E-state index contributed by atoms with van der Waals surface area (Å²) in [6, 6.07) is 0. The monoisotopic (exact) mass is 197 g/mol. The van der Waals surface area contributed by atoms with Gasteiger partial charge in [0, 0.05) is 12.5 Å². The van der Waals surface area contributed by atoms with Gasteiger partial charge in [-0.15, -0.1) is 0 Å². The van der Waals surface area contributed by atoms with E-state index in [9.17, 15) is 4.79 Å². The molecule has 0 spiro atoms. The third-order valence-corrected chi connectivity index (χ3v) is 3.07. The van der Waals surface area contributed by atoms with Gasteiger partial charge in [-0.2, -0.15) is 0 Å². The first-order chi connectivity index (χ1) is 6.84. The molecule has 0 aliphatic carbocycles. The molecule has 1 N–H and O–H groups in total. The number of rotatable bonds is 7. The van der Waals surface area contributed by atoms with E-state index in [1.807, 2.05) is 0 Å². The maximum Gasteiger partial charge on any atom is 0.223 e. The van der Waals surface area contributed by atoms with Crippen molar-refractivity contribution in [3.05, 3.63) is 0 Å². The summed E-state index contributed by atoms with van der Waals surface area (Å²) >= 11 is 0. The number of nitrogens with one attached hydrogen (secondary N) is 1. The third kappa shape index (κ3) is 4.12. The van der Waals surface area contributed by atoms with Gasteiger partial charge in [0.25, 0.3) is 0 Å². The summed E-state index contributed by atoms with van der Waals surface area (Å²) in [4.78, 5) is 11.2. The van der Waals surface area contributed by atoms with Crippen molar-refractivity contribution in [2.75, 3.05) is 6.54 Å². The highest BCUT2D eigenvalue weighted by atomic mass is 16.2. The van der Waals surface area contributed by atoms with Crippen LogP contribution in [0.15, 0.2) is 0 Å². The minimum Gasteiger partial charge on any atom is -0.356 e. The highest BCUT2D eigenvalue weighted by Gasteiger charge is 2.22. The van der Waals surface area contributed by atoms with Gasteiger partial charge in [-0.25, -0.2) is 0 Å². The predicted molar refractivity (Wildman–Crippen MR) is 59.1 cm³/mol. The molecule has 1 aliphatic rings. The first-order valence-electron chi connectivity index (χ1n) is 6.12. The van der Waals surface area contributed by atoms with Crippen molar-refractivity contribution in [2.24, 2.45) is 5.92 Å². The van der Waals surface area contributed by atoms with Gasteiger partial charge >= 0.3 is 0 Å². The van der Waals surface area contributed by atoms with Crippen molar-refractivity contribution in [3.8, 4) is 0 Å². The molecule has 0 aromatic rings. The van der Waals surface area contributed by atoms with Crippen LogP contribution in [-0.4, -0.2) is 12.5 Å². The van der Waals surface area contributed by atoms with Gasteiger partial charge in [0.1, 0.15) is 0 Å². The van der Waals surface area contributed by atoms with Gasteiger partial charge in [-0.1, -0.05) is 45.4 Å². The second-order valence-electron chi connectivity index (χ2n) is 4.33. The fraction of sp³-hybridized carbons (Fsp3) is 0.917. The molecule has 14 heavy (non-hydrogen) atoms. The Morgan fingerprint density at radius 3 is 2.57 bits per heavy atom. The Morgan fingerprint density at radius 2 is 1.93 bits per heavy atom. The number of carbonyl (C=O) groups is 1. The van der Waals surface area contributed by atoms with Crippen LogP contribution >= 0.6 is 0 Å². The zero-order valence-electron chi connectivity index (χ0n) is 9.35. The lowest BCUT2D eigenvalue weighted by atomic mass is 9.99. The van der Waals surface area contributed by atoms with E-state index in [0.29, 0.717) is 11.8 Å². The Labute approximate surface area is 87.5 Å². The molecule has 1 heterocycles. The quantitative estimate of drug-likeness (QED) is 0.625. The number of amides is 1. The van der Waals surface area contributed by atoms with E-state index in [-0.39, 0.29) is 0 Å². The summed E-state index contributed by atoms with van der Waals surface area (Å²) in [6.07, 6.45) is 10.1. The lowest BCUT2D eigenvalue weighted by Crippen LogP contribution is -2.18. The van der Waals surface area contributed by atoms with Crippen molar-refractivity contribution in [1.29, 1.82) is 0 Å². The molecule has 82 valence electrons. The third-order valence-electron chi connectivity index (χ3n) is 3.07. The summed E-state index contributed by atoms with van der Waals surface area (Å²) in [5, 5.41) is 2.89. The summed E-state index contributed by atoms with van der Waals surface area (Å²) in [6.45, 7) is 3.14. The number of hydrogen-bond donors (Lipinski definition) is 1. The van der Waals surface area contributed by atoms with E-state index >= 15 is 0 Å². The van der Waals surface area contributed by atoms with E-state index in [0.717, 1.165) is 19.4 Å². The van der Waals surface area contributed by atoms with E-state index in [2.05, 4.69) is 12.2 Å². The molecule has 0 bridgehead atoms. The molecule has 0 radical (unpaired) electrons. The Balaban J connectivity index is 1.90. The maximum absolute atomic E-state index is 11.2. The lowest BCUT2D eigenvalue weighted by molar-refractivity contribution is -0.122. The molecule has 1 atom stereocenters. The van der Waals surface area contributed by atoms with Gasteiger partial charge in [-0.05, 0) is 12.8 Å². The van der Waals surface area contributed by atoms with Crippen LogP contribution in [0.4, 0.5) is 0 Å². The van der Waals surface area contributed by atoms with Crippen LogP contribution < -0.4 is 5.32 Å². The second kappa shape index (κ2) is 6.86. The molecule has 1 rings (SSSR count). The summed E-state index contributed by atoms with van der Waals surface area (Å²) < 4.78 is 0. The first kappa shape index (κ1) is 11.5. The normalized spacial score (nSPS) is 21.2. The van der Waals surface area contributed by atoms with Crippen LogP contribution in [0.5, 0.6) is 0 Å². The first-order valence-corrected chi connectivity index (χ1v) is 6.12. The molecule has 2 heteroatoms. The van der Waals surface area contributed by atoms with E-state index in [1.54, 1.807) is 0 Å². The van der Waals surface area contributed by atoms with Crippen LogP contribution in [0.25, 0.3) is 0 Å². The smallest absolute Gasteiger partial charge is 0.223 e. The van der Waals surface area contributed by atoms with E-state index in [4.69, 9.17) is 0 Å². The van der Waals surface area contributed by atoms with Crippen molar-refractivity contribution in [2.45, 2.75) is 58.3 Å². The van der Waals surface area contributed by atoms with Gasteiger partial charge in [-0.3, -0.25) is 4.79 Å². The SMILES string of the molecule is CCCCCCCCC1CCNC1=O. The molecule has 1 saturated heterocycles.